The van der Waals surface area contributed by atoms with Gasteiger partial charge in [0, 0.05) is 47.7 Å². The highest BCUT2D eigenvalue weighted by Gasteiger charge is 2.68. The van der Waals surface area contributed by atoms with Crippen LogP contribution in [-0.2, 0) is 24.0 Å². The summed E-state index contributed by atoms with van der Waals surface area (Å²) in [7, 11) is 0. The van der Waals surface area contributed by atoms with Gasteiger partial charge in [-0.15, -0.1) is 0 Å². The van der Waals surface area contributed by atoms with E-state index in [2.05, 4.69) is 0 Å². The van der Waals surface area contributed by atoms with E-state index in [-0.39, 0.29) is 60.7 Å². The van der Waals surface area contributed by atoms with E-state index in [9.17, 15) is 29.1 Å². The first-order valence-electron chi connectivity index (χ1n) is 13.4. The monoisotopic (exact) mass is 512 g/mol. The predicted molar refractivity (Wildman–Crippen MR) is 136 cm³/mol. The molecule has 0 amide bonds. The number of aliphatic carboxylic acids is 1. The van der Waals surface area contributed by atoms with E-state index in [1.807, 2.05) is 34.6 Å². The van der Waals surface area contributed by atoms with Crippen molar-refractivity contribution >= 4 is 29.1 Å². The zero-order valence-corrected chi connectivity index (χ0v) is 23.1. The Balaban J connectivity index is 1.76. The fourth-order valence-corrected chi connectivity index (χ4v) is 8.27. The van der Waals surface area contributed by atoms with Crippen LogP contribution in [0.15, 0.2) is 22.8 Å². The van der Waals surface area contributed by atoms with Gasteiger partial charge < -0.3 is 10.2 Å². The molecule has 0 aliphatic heterocycles. The fraction of sp³-hybridized carbons (Fsp3) is 0.700. The number of allylic oxidation sites excluding steroid dienone is 4. The Labute approximate surface area is 218 Å². The minimum atomic E-state index is -1.21. The standard InChI is InChI=1S/C30H40O7/c1-15(10-17(31)11-16(2)26(36)37)18-12-23(35)30(7)25-19(32)13-21-27(3,4)22(34)8-9-28(21,5)24(25)20(33)14-29(18,30)6/h12,15-16,21-22,34H,8-11,13-14H2,1-7H3,(H,36,37)/t15-,16?,21+,22+,28+,29-,30+/m1/s1. The summed E-state index contributed by atoms with van der Waals surface area (Å²) in [5, 5.41) is 19.9. The van der Waals surface area contributed by atoms with Gasteiger partial charge in [-0.1, -0.05) is 47.1 Å². The summed E-state index contributed by atoms with van der Waals surface area (Å²) < 4.78 is 0. The molecule has 1 saturated carbocycles. The number of hydrogen-bond acceptors (Lipinski definition) is 6. The molecule has 4 aliphatic rings. The molecule has 2 N–H and O–H groups in total. The predicted octanol–water partition coefficient (Wildman–Crippen LogP) is 4.26. The van der Waals surface area contributed by atoms with E-state index >= 15 is 0 Å². The highest BCUT2D eigenvalue weighted by atomic mass is 16.4. The molecular formula is C30H40O7. The summed E-state index contributed by atoms with van der Waals surface area (Å²) in [6, 6.07) is 0. The van der Waals surface area contributed by atoms with Crippen LogP contribution in [0.5, 0.6) is 0 Å². The number of fused-ring (bicyclic) bond motifs is 4. The Morgan fingerprint density at radius 3 is 2.22 bits per heavy atom. The van der Waals surface area contributed by atoms with Crippen LogP contribution in [0.1, 0.15) is 87.0 Å². The summed E-state index contributed by atoms with van der Waals surface area (Å²) >= 11 is 0. The highest BCUT2D eigenvalue weighted by molar-refractivity contribution is 6.19. The van der Waals surface area contributed by atoms with Gasteiger partial charge in [0.1, 0.15) is 5.78 Å². The quantitative estimate of drug-likeness (QED) is 0.545. The lowest BCUT2D eigenvalue weighted by Crippen LogP contribution is -2.59. The van der Waals surface area contributed by atoms with Crippen molar-refractivity contribution in [1.82, 2.24) is 0 Å². The lowest BCUT2D eigenvalue weighted by atomic mass is 9.42. The minimum Gasteiger partial charge on any atom is -0.481 e. The summed E-state index contributed by atoms with van der Waals surface area (Å²) in [6.45, 7) is 12.9. The van der Waals surface area contributed by atoms with E-state index in [4.69, 9.17) is 5.11 Å². The molecule has 0 aromatic carbocycles. The molecule has 0 aromatic heterocycles. The third-order valence-corrected chi connectivity index (χ3v) is 10.8. The fourth-order valence-electron chi connectivity index (χ4n) is 8.27. The van der Waals surface area contributed by atoms with Crippen LogP contribution in [0, 0.1) is 39.4 Å². The number of carboxylic acids is 1. The first-order valence-corrected chi connectivity index (χ1v) is 13.4. The Kier molecular flexibility index (Phi) is 6.38. The van der Waals surface area contributed by atoms with Crippen molar-refractivity contribution < 1.29 is 34.2 Å². The number of aliphatic hydroxyl groups is 1. The topological polar surface area (TPSA) is 126 Å². The number of carbonyl (C=O) groups excluding carboxylic acids is 4. The number of ketones is 4. The smallest absolute Gasteiger partial charge is 0.306 e. The lowest BCUT2D eigenvalue weighted by Gasteiger charge is -2.59. The van der Waals surface area contributed by atoms with Crippen molar-refractivity contribution in [2.24, 2.45) is 39.4 Å². The Morgan fingerprint density at radius 2 is 1.62 bits per heavy atom. The van der Waals surface area contributed by atoms with Crippen LogP contribution in [0.4, 0.5) is 0 Å². The summed E-state index contributed by atoms with van der Waals surface area (Å²) in [4.78, 5) is 65.5. The van der Waals surface area contributed by atoms with Gasteiger partial charge in [0.05, 0.1) is 17.4 Å². The van der Waals surface area contributed by atoms with Crippen LogP contribution < -0.4 is 0 Å². The zero-order chi connectivity index (χ0) is 27.9. The van der Waals surface area contributed by atoms with Crippen molar-refractivity contribution in [2.75, 3.05) is 0 Å². The Hall–Kier alpha value is -2.41. The maximum absolute atomic E-state index is 14.0. The van der Waals surface area contributed by atoms with E-state index in [1.165, 1.54) is 13.0 Å². The van der Waals surface area contributed by atoms with Gasteiger partial charge in [-0.25, -0.2) is 0 Å². The van der Waals surface area contributed by atoms with Crippen molar-refractivity contribution in [3.8, 4) is 0 Å². The maximum Gasteiger partial charge on any atom is 0.306 e. The molecule has 1 unspecified atom stereocenters. The van der Waals surface area contributed by atoms with Gasteiger partial charge in [0.15, 0.2) is 17.3 Å². The van der Waals surface area contributed by atoms with Gasteiger partial charge in [-0.3, -0.25) is 24.0 Å². The summed E-state index contributed by atoms with van der Waals surface area (Å²) in [5.41, 5.74) is -1.79. The van der Waals surface area contributed by atoms with Gasteiger partial charge in [0.25, 0.3) is 0 Å². The molecule has 0 aromatic rings. The van der Waals surface area contributed by atoms with Crippen LogP contribution in [0.3, 0.4) is 0 Å². The van der Waals surface area contributed by atoms with Crippen molar-refractivity contribution in [3.05, 3.63) is 22.8 Å². The van der Waals surface area contributed by atoms with Crippen LogP contribution in [-0.4, -0.2) is 45.4 Å². The lowest BCUT2D eigenvalue weighted by molar-refractivity contribution is -0.143. The molecule has 37 heavy (non-hydrogen) atoms. The largest absolute Gasteiger partial charge is 0.481 e. The maximum atomic E-state index is 14.0. The molecule has 202 valence electrons. The average molecular weight is 513 g/mol. The summed E-state index contributed by atoms with van der Waals surface area (Å²) in [5.74, 6) is -3.14. The van der Waals surface area contributed by atoms with Crippen molar-refractivity contribution in [2.45, 2.75) is 93.1 Å². The third kappa shape index (κ3) is 3.67. The number of aliphatic hydroxyl groups excluding tert-OH is 1. The second-order valence-corrected chi connectivity index (χ2v) is 13.3. The second kappa shape index (κ2) is 8.55. The molecule has 4 rings (SSSR count). The number of carbonyl (C=O) groups is 5. The number of carboxylic acid groups (broad SMARTS) is 1. The van der Waals surface area contributed by atoms with E-state index in [0.717, 1.165) is 0 Å². The van der Waals surface area contributed by atoms with Crippen molar-refractivity contribution in [3.63, 3.8) is 0 Å². The molecular weight excluding hydrogens is 472 g/mol. The zero-order valence-electron chi connectivity index (χ0n) is 23.1. The van der Waals surface area contributed by atoms with Gasteiger partial charge in [-0.05, 0) is 43.1 Å². The first-order chi connectivity index (χ1) is 16.9. The third-order valence-electron chi connectivity index (χ3n) is 10.8. The molecule has 0 radical (unpaired) electrons. The van der Waals surface area contributed by atoms with Crippen LogP contribution >= 0.6 is 0 Å². The van der Waals surface area contributed by atoms with Gasteiger partial charge in [-0.2, -0.15) is 0 Å². The van der Waals surface area contributed by atoms with E-state index in [0.29, 0.717) is 29.6 Å². The number of rotatable bonds is 6. The van der Waals surface area contributed by atoms with E-state index < -0.39 is 39.7 Å². The van der Waals surface area contributed by atoms with E-state index in [1.54, 1.807) is 6.92 Å². The SMILES string of the molecule is CC(CC(=O)C[C@@H](C)C1=CC(=O)[C@@]2(C)C3=C(C(=O)C[C@]12C)[C@@]1(C)CC[C@H](O)C(C)(C)[C@@H]1CC3=O)C(=O)O. The number of Topliss-reactive ketones (excluding diaryl/α,β-unsaturated/α-hetero) is 3. The number of hydrogen-bond donors (Lipinski definition) is 2. The normalized spacial score (nSPS) is 38.4. The molecule has 0 bridgehead atoms. The Morgan fingerprint density at radius 1 is 1.00 bits per heavy atom. The highest BCUT2D eigenvalue weighted by Crippen LogP contribution is 2.68. The molecule has 7 heteroatoms. The molecule has 7 atom stereocenters. The average Bonchev–Trinajstić information content (AvgIpc) is 2.99. The molecule has 4 aliphatic carbocycles. The molecule has 7 nitrogen and oxygen atoms in total. The Bertz CT molecular complexity index is 1170. The minimum absolute atomic E-state index is 0.0717. The van der Waals surface area contributed by atoms with Crippen LogP contribution in [0.2, 0.25) is 0 Å². The molecule has 0 heterocycles. The van der Waals surface area contributed by atoms with Crippen LogP contribution in [0.25, 0.3) is 0 Å². The molecule has 1 fully saturated rings. The van der Waals surface area contributed by atoms with Crippen molar-refractivity contribution in [1.29, 1.82) is 0 Å². The first kappa shape index (κ1) is 27.6. The summed E-state index contributed by atoms with van der Waals surface area (Å²) in [6.07, 6.45) is 2.31. The molecule has 0 spiro atoms. The van der Waals surface area contributed by atoms with Gasteiger partial charge in [0.2, 0.25) is 0 Å². The second-order valence-electron chi connectivity index (χ2n) is 13.3. The molecule has 0 saturated heterocycles. The van der Waals surface area contributed by atoms with Gasteiger partial charge >= 0.3 is 5.97 Å².